The largest absolute Gasteiger partial charge is 1.00 e. The summed E-state index contributed by atoms with van der Waals surface area (Å²) in [6.45, 7) is 3.00. The molecule has 2 aliphatic heterocycles. The number of urea groups is 1. The monoisotopic (exact) mass is 620 g/mol. The van der Waals surface area contributed by atoms with Crippen LogP contribution in [0.5, 0.6) is 5.75 Å². The third-order valence-electron chi connectivity index (χ3n) is 7.23. The van der Waals surface area contributed by atoms with Crippen LogP contribution in [0.1, 0.15) is 31.0 Å². The van der Waals surface area contributed by atoms with Gasteiger partial charge in [0.2, 0.25) is 18.2 Å². The van der Waals surface area contributed by atoms with Crippen LogP contribution in [-0.4, -0.2) is 74.0 Å². The number of β-lactam (4-membered cyclic amide) rings is 1. The number of carbonyl (C=O) groups is 6. The number of benzene rings is 2. The number of fused-ring (bicyclic) bond motifs is 1. The Bertz CT molecular complexity index is 1410. The number of aliphatic carboxylic acids is 1. The minimum Gasteiger partial charge on any atom is -0.545 e. The Labute approximate surface area is 272 Å². The fourth-order valence-electron chi connectivity index (χ4n) is 5.14. The van der Waals surface area contributed by atoms with Gasteiger partial charge in [0.25, 0.3) is 5.91 Å². The van der Waals surface area contributed by atoms with Gasteiger partial charge in [0.1, 0.15) is 29.2 Å². The number of carbonyl (C=O) groups excluding carboxylic acids is 6. The number of phenolic OH excluding ortho intramolecular Hbond substituents is 1. The molecule has 14 nitrogen and oxygen atoms in total. The molecule has 7 N–H and O–H groups in total. The van der Waals surface area contributed by atoms with Crippen molar-refractivity contribution in [3.05, 3.63) is 65.7 Å². The molecule has 2 fully saturated rings. The predicted molar refractivity (Wildman–Crippen MR) is 147 cm³/mol. The van der Waals surface area contributed by atoms with Gasteiger partial charge < -0.3 is 42.0 Å². The zero-order valence-electron chi connectivity index (χ0n) is 23.5. The maximum absolute atomic E-state index is 13.9. The van der Waals surface area contributed by atoms with Gasteiger partial charge in [-0.15, -0.1) is 11.8 Å². The average Bonchev–Trinajstić information content (AvgIpc) is 3.14. The van der Waals surface area contributed by atoms with Crippen molar-refractivity contribution in [3.63, 3.8) is 0 Å². The van der Waals surface area contributed by atoms with Crippen molar-refractivity contribution < 1.29 is 68.5 Å². The Morgan fingerprint density at radius 2 is 1.70 bits per heavy atom. The van der Waals surface area contributed by atoms with Crippen molar-refractivity contribution in [2.45, 2.75) is 54.2 Å². The summed E-state index contributed by atoms with van der Waals surface area (Å²) < 4.78 is -1.35. The molecule has 5 atom stereocenters. The molecular weight excluding hydrogens is 591 g/mol. The third kappa shape index (κ3) is 6.44. The Morgan fingerprint density at radius 1 is 1.07 bits per heavy atom. The number of hydrogen-bond acceptors (Lipinski definition) is 9. The van der Waals surface area contributed by atoms with Crippen LogP contribution in [-0.2, 0) is 30.4 Å². The maximum Gasteiger partial charge on any atom is 1.00 e. The molecule has 6 amide bonds. The Kier molecular flexibility index (Phi) is 10.4. The number of nitrogens with two attached hydrogens (primary N) is 1. The maximum atomic E-state index is 13.9. The number of nitrogens with zero attached hydrogens (tertiary/aromatic N) is 1. The van der Waals surface area contributed by atoms with Crippen molar-refractivity contribution in [2.75, 3.05) is 0 Å². The first kappa shape index (κ1) is 33.7. The SMILES string of the molecule is CC1(C)S[C@@H]2[C@@H](NC=O)C(=O)N2[C@@]1(NC(=O)C(NC(=O)C(Cc1ccccc1)NC(N)=O)c1ccc(O)cc1)C(=O)[O-].[Na+]. The number of phenols is 1. The van der Waals surface area contributed by atoms with E-state index in [0.29, 0.717) is 12.0 Å². The molecule has 2 saturated heterocycles. The molecule has 222 valence electrons. The fraction of sp³-hybridized carbons (Fsp3) is 0.333. The Morgan fingerprint density at radius 3 is 2.26 bits per heavy atom. The van der Waals surface area contributed by atoms with Crippen LogP contribution >= 0.6 is 11.8 Å². The van der Waals surface area contributed by atoms with E-state index in [-0.39, 0.29) is 47.3 Å². The Hall–Kier alpha value is -3.79. The van der Waals surface area contributed by atoms with E-state index in [9.17, 15) is 39.0 Å². The van der Waals surface area contributed by atoms with Crippen LogP contribution in [0.3, 0.4) is 0 Å². The summed E-state index contributed by atoms with van der Waals surface area (Å²) in [5, 5.41) is 31.4. The summed E-state index contributed by atoms with van der Waals surface area (Å²) in [6.07, 6.45) is 0.342. The molecule has 0 saturated carbocycles. The second kappa shape index (κ2) is 13.2. The number of rotatable bonds is 11. The van der Waals surface area contributed by atoms with E-state index in [1.807, 2.05) is 0 Å². The van der Waals surface area contributed by atoms with Crippen molar-refractivity contribution in [1.82, 2.24) is 26.2 Å². The normalized spacial score (nSPS) is 22.8. The molecule has 2 aliphatic rings. The van der Waals surface area contributed by atoms with E-state index in [1.165, 1.54) is 38.1 Å². The second-order valence-electron chi connectivity index (χ2n) is 10.3. The van der Waals surface area contributed by atoms with Gasteiger partial charge in [-0.2, -0.15) is 0 Å². The van der Waals surface area contributed by atoms with E-state index in [4.69, 9.17) is 5.73 Å². The standard InChI is InChI=1S/C27H30N6O8S.Na/c1-26(2)27(24(39)40,33-22(38)19(29-13-34)23(33)42-26)32-21(37)18(15-8-10-16(35)11-9-15)31-20(36)17(30-25(28)41)12-14-6-4-3-5-7-14;/h3-11,13,17-19,23,35H,12H2,1-2H3,(H,29,34)(H,31,36)(H,32,37)(H,39,40)(H3,28,30,41);/q;+1/p-1/t17?,18?,19-,23+,27-;/m0./s1. The van der Waals surface area contributed by atoms with E-state index >= 15 is 0 Å². The molecule has 0 aromatic heterocycles. The molecule has 2 unspecified atom stereocenters. The molecule has 16 heteroatoms. The van der Waals surface area contributed by atoms with Gasteiger partial charge in [-0.25, -0.2) is 4.79 Å². The summed E-state index contributed by atoms with van der Waals surface area (Å²) in [7, 11) is 0. The van der Waals surface area contributed by atoms with Gasteiger partial charge in [0.05, 0.1) is 10.7 Å². The smallest absolute Gasteiger partial charge is 0.545 e. The molecule has 2 aromatic carbocycles. The van der Waals surface area contributed by atoms with Crippen molar-refractivity contribution in [1.29, 1.82) is 0 Å². The quantitative estimate of drug-likeness (QED) is 0.0805. The molecule has 2 aromatic rings. The van der Waals surface area contributed by atoms with Crippen molar-refractivity contribution in [3.8, 4) is 5.75 Å². The van der Waals surface area contributed by atoms with Crippen LogP contribution < -0.4 is 61.7 Å². The topological polar surface area (TPSA) is 223 Å². The first-order chi connectivity index (χ1) is 19.8. The number of carboxylic acid groups (broad SMARTS) is 1. The minimum atomic E-state index is -2.37. The number of carboxylic acids is 1. The average molecular weight is 621 g/mol. The van der Waals surface area contributed by atoms with Crippen molar-refractivity contribution >= 4 is 47.9 Å². The second-order valence-corrected chi connectivity index (χ2v) is 12.0. The molecular formula is C27H29N6NaO8S. The van der Waals surface area contributed by atoms with Gasteiger partial charge in [-0.05, 0) is 37.1 Å². The number of aromatic hydroxyl groups is 1. The summed E-state index contributed by atoms with van der Waals surface area (Å²) in [5.41, 5.74) is 3.76. The van der Waals surface area contributed by atoms with Crippen LogP contribution in [0.2, 0.25) is 0 Å². The number of hydrogen-bond donors (Lipinski definition) is 6. The van der Waals surface area contributed by atoms with Gasteiger partial charge in [0, 0.05) is 6.42 Å². The molecule has 4 rings (SSSR count). The Balaban J connectivity index is 0.00000506. The molecule has 43 heavy (non-hydrogen) atoms. The summed E-state index contributed by atoms with van der Waals surface area (Å²) >= 11 is 1.05. The molecule has 0 aliphatic carbocycles. The predicted octanol–water partition coefficient (Wildman–Crippen LogP) is -4.80. The molecule has 0 spiro atoms. The van der Waals surface area contributed by atoms with Crippen LogP contribution in [0.15, 0.2) is 54.6 Å². The van der Waals surface area contributed by atoms with E-state index in [2.05, 4.69) is 21.3 Å². The van der Waals surface area contributed by atoms with E-state index in [1.54, 1.807) is 30.3 Å². The van der Waals surface area contributed by atoms with Gasteiger partial charge in [-0.3, -0.25) is 24.1 Å². The first-order valence-corrected chi connectivity index (χ1v) is 13.6. The van der Waals surface area contributed by atoms with Gasteiger partial charge in [-0.1, -0.05) is 42.5 Å². The van der Waals surface area contributed by atoms with Crippen LogP contribution in [0.4, 0.5) is 4.79 Å². The fourth-order valence-corrected chi connectivity index (χ4v) is 6.85. The minimum absolute atomic E-state index is 0. The third-order valence-corrected chi connectivity index (χ3v) is 8.84. The first-order valence-electron chi connectivity index (χ1n) is 12.8. The van der Waals surface area contributed by atoms with Gasteiger partial charge in [0.15, 0.2) is 5.66 Å². The number of nitrogens with one attached hydrogen (secondary N) is 4. The van der Waals surface area contributed by atoms with Gasteiger partial charge >= 0.3 is 35.6 Å². The number of amides is 6. The molecule has 0 bridgehead atoms. The zero-order valence-corrected chi connectivity index (χ0v) is 26.3. The molecule has 2 heterocycles. The van der Waals surface area contributed by atoms with E-state index in [0.717, 1.165) is 16.7 Å². The molecule has 0 radical (unpaired) electrons. The van der Waals surface area contributed by atoms with E-state index < -0.39 is 63.6 Å². The summed E-state index contributed by atoms with van der Waals surface area (Å²) in [6, 6.07) is 9.14. The van der Waals surface area contributed by atoms with Crippen molar-refractivity contribution in [2.24, 2.45) is 5.73 Å². The summed E-state index contributed by atoms with van der Waals surface area (Å²) in [5.74, 6) is -4.49. The summed E-state index contributed by atoms with van der Waals surface area (Å²) in [4.78, 5) is 76.7. The zero-order chi connectivity index (χ0) is 30.8. The van der Waals surface area contributed by atoms with Crippen LogP contribution in [0.25, 0.3) is 0 Å². The van der Waals surface area contributed by atoms with Crippen LogP contribution in [0, 0.1) is 0 Å². The number of thioether (sulfide) groups is 1. The number of primary amides is 1.